The molecule has 1 rings (SSSR count). The van der Waals surface area contributed by atoms with Crippen molar-refractivity contribution < 1.29 is 4.74 Å². The highest BCUT2D eigenvalue weighted by Gasteiger charge is 2.06. The van der Waals surface area contributed by atoms with E-state index in [0.717, 1.165) is 25.1 Å². The van der Waals surface area contributed by atoms with Crippen LogP contribution in [0.4, 0.5) is 0 Å². The number of nitrogens with one attached hydrogen (secondary N) is 1. The maximum Gasteiger partial charge on any atom is 0.123 e. The van der Waals surface area contributed by atoms with Crippen molar-refractivity contribution in [3.05, 3.63) is 42.5 Å². The highest BCUT2D eigenvalue weighted by molar-refractivity contribution is 5.34. The van der Waals surface area contributed by atoms with Crippen molar-refractivity contribution in [3.63, 3.8) is 0 Å². The van der Waals surface area contributed by atoms with Gasteiger partial charge in [-0.25, -0.2) is 0 Å². The van der Waals surface area contributed by atoms with Crippen molar-refractivity contribution in [2.45, 2.75) is 25.9 Å². The first-order valence-corrected chi connectivity index (χ1v) is 5.78. The molecule has 0 saturated carbocycles. The van der Waals surface area contributed by atoms with Gasteiger partial charge in [-0.2, -0.15) is 0 Å². The summed E-state index contributed by atoms with van der Waals surface area (Å²) in [7, 11) is 1.96. The van der Waals surface area contributed by atoms with E-state index in [1.54, 1.807) is 0 Å². The van der Waals surface area contributed by atoms with Crippen LogP contribution in [0, 0.1) is 0 Å². The van der Waals surface area contributed by atoms with Gasteiger partial charge in [0, 0.05) is 0 Å². The largest absolute Gasteiger partial charge is 0.490 e. The van der Waals surface area contributed by atoms with Gasteiger partial charge in [-0.1, -0.05) is 24.3 Å². The van der Waals surface area contributed by atoms with Gasteiger partial charge in [-0.3, -0.25) is 0 Å². The van der Waals surface area contributed by atoms with Crippen molar-refractivity contribution in [2.75, 3.05) is 13.6 Å². The third-order valence-electron chi connectivity index (χ3n) is 2.47. The van der Waals surface area contributed by atoms with E-state index in [4.69, 9.17) is 4.74 Å². The molecule has 1 atom stereocenters. The van der Waals surface area contributed by atoms with Gasteiger partial charge in [-0.05, 0) is 45.0 Å². The molecule has 0 aromatic heterocycles. The van der Waals surface area contributed by atoms with Crippen LogP contribution in [0.1, 0.15) is 18.9 Å². The number of hydrogen-bond acceptors (Lipinski definition) is 2. The lowest BCUT2D eigenvalue weighted by Gasteiger charge is -2.16. The predicted octanol–water partition coefficient (Wildman–Crippen LogP) is 2.79. The molecule has 88 valence electrons. The molecule has 0 amide bonds. The highest BCUT2D eigenvalue weighted by atomic mass is 16.5. The fourth-order valence-corrected chi connectivity index (χ4v) is 1.57. The summed E-state index contributed by atoms with van der Waals surface area (Å²) < 4.78 is 5.91. The molecule has 1 unspecified atom stereocenters. The average Bonchev–Trinajstić information content (AvgIpc) is 2.29. The molecule has 16 heavy (non-hydrogen) atoms. The van der Waals surface area contributed by atoms with Gasteiger partial charge in [-0.15, -0.1) is 6.58 Å². The van der Waals surface area contributed by atoms with E-state index in [-0.39, 0.29) is 6.10 Å². The van der Waals surface area contributed by atoms with E-state index < -0.39 is 0 Å². The normalized spacial score (nSPS) is 12.1. The first-order chi connectivity index (χ1) is 7.77. The third kappa shape index (κ3) is 4.07. The average molecular weight is 219 g/mol. The molecule has 0 spiro atoms. The topological polar surface area (TPSA) is 21.3 Å². The monoisotopic (exact) mass is 219 g/mol. The molecule has 1 aromatic rings. The minimum Gasteiger partial charge on any atom is -0.490 e. The molecule has 0 aliphatic rings. The molecule has 0 saturated heterocycles. The second kappa shape index (κ2) is 7.07. The summed E-state index contributed by atoms with van der Waals surface area (Å²) in [4.78, 5) is 0. The molecule has 2 nitrogen and oxygen atoms in total. The molecule has 0 fully saturated rings. The van der Waals surface area contributed by atoms with Crippen molar-refractivity contribution >= 4 is 0 Å². The van der Waals surface area contributed by atoms with Gasteiger partial charge in [0.1, 0.15) is 5.75 Å². The van der Waals surface area contributed by atoms with Gasteiger partial charge >= 0.3 is 0 Å². The zero-order chi connectivity index (χ0) is 11.8. The maximum atomic E-state index is 5.91. The Bertz CT molecular complexity index is 322. The molecule has 0 radical (unpaired) electrons. The van der Waals surface area contributed by atoms with Crippen molar-refractivity contribution in [3.8, 4) is 5.75 Å². The number of para-hydroxylation sites is 1. The number of hydrogen-bond donors (Lipinski definition) is 1. The zero-order valence-electron chi connectivity index (χ0n) is 10.2. The second-order valence-electron chi connectivity index (χ2n) is 3.92. The summed E-state index contributed by atoms with van der Waals surface area (Å²) in [5, 5.41) is 3.13. The fraction of sp³-hybridized carbons (Fsp3) is 0.429. The van der Waals surface area contributed by atoms with Crippen LogP contribution in [0.25, 0.3) is 0 Å². The van der Waals surface area contributed by atoms with E-state index in [1.807, 2.05) is 31.3 Å². The molecule has 0 aliphatic carbocycles. The van der Waals surface area contributed by atoms with E-state index >= 15 is 0 Å². The van der Waals surface area contributed by atoms with Crippen LogP contribution in [0.3, 0.4) is 0 Å². The summed E-state index contributed by atoms with van der Waals surface area (Å²) in [6.07, 6.45) is 4.01. The molecule has 0 heterocycles. The van der Waals surface area contributed by atoms with Crippen LogP contribution < -0.4 is 10.1 Å². The van der Waals surface area contributed by atoms with Gasteiger partial charge in [0.25, 0.3) is 0 Å². The molecule has 0 bridgehead atoms. The SMILES string of the molecule is C=CCc1ccccc1OC(C)CCNC. The summed E-state index contributed by atoms with van der Waals surface area (Å²) in [6, 6.07) is 8.15. The van der Waals surface area contributed by atoms with Crippen LogP contribution in [0.15, 0.2) is 36.9 Å². The van der Waals surface area contributed by atoms with Crippen molar-refractivity contribution in [1.29, 1.82) is 0 Å². The van der Waals surface area contributed by atoms with Gasteiger partial charge < -0.3 is 10.1 Å². The molecular formula is C14H21NO. The second-order valence-corrected chi connectivity index (χ2v) is 3.92. The molecule has 1 aromatic carbocycles. The van der Waals surface area contributed by atoms with E-state index in [2.05, 4.69) is 24.9 Å². The standard InChI is InChI=1S/C14H21NO/c1-4-7-13-8-5-6-9-14(13)16-12(2)10-11-15-3/h4-6,8-9,12,15H,1,7,10-11H2,2-3H3. The molecular weight excluding hydrogens is 198 g/mol. The van der Waals surface area contributed by atoms with Crippen LogP contribution >= 0.6 is 0 Å². The lowest BCUT2D eigenvalue weighted by Crippen LogP contribution is -2.19. The van der Waals surface area contributed by atoms with Crippen molar-refractivity contribution in [2.24, 2.45) is 0 Å². The number of rotatable bonds is 7. The lowest BCUT2D eigenvalue weighted by molar-refractivity contribution is 0.209. The first kappa shape index (κ1) is 12.8. The Morgan fingerprint density at radius 2 is 2.19 bits per heavy atom. The van der Waals surface area contributed by atoms with Gasteiger partial charge in [0.2, 0.25) is 0 Å². The maximum absolute atomic E-state index is 5.91. The minimum atomic E-state index is 0.235. The van der Waals surface area contributed by atoms with E-state index in [9.17, 15) is 0 Å². The number of benzene rings is 1. The van der Waals surface area contributed by atoms with Crippen LogP contribution in [0.2, 0.25) is 0 Å². The quantitative estimate of drug-likeness (QED) is 0.712. The zero-order valence-corrected chi connectivity index (χ0v) is 10.2. The smallest absolute Gasteiger partial charge is 0.123 e. The summed E-state index contributed by atoms with van der Waals surface area (Å²) >= 11 is 0. The molecule has 0 aliphatic heterocycles. The highest BCUT2D eigenvalue weighted by Crippen LogP contribution is 2.20. The Hall–Kier alpha value is -1.28. The van der Waals surface area contributed by atoms with Crippen LogP contribution in [-0.4, -0.2) is 19.7 Å². The predicted molar refractivity (Wildman–Crippen MR) is 69.0 cm³/mol. The first-order valence-electron chi connectivity index (χ1n) is 5.78. The van der Waals surface area contributed by atoms with Crippen molar-refractivity contribution in [1.82, 2.24) is 5.32 Å². The lowest BCUT2D eigenvalue weighted by atomic mass is 10.1. The molecule has 1 N–H and O–H groups in total. The summed E-state index contributed by atoms with van der Waals surface area (Å²) in [5.74, 6) is 0.978. The summed E-state index contributed by atoms with van der Waals surface area (Å²) in [6.45, 7) is 6.84. The number of allylic oxidation sites excluding steroid dienone is 1. The van der Waals surface area contributed by atoms with E-state index in [0.29, 0.717) is 0 Å². The van der Waals surface area contributed by atoms with E-state index in [1.165, 1.54) is 5.56 Å². The Labute approximate surface area is 98.3 Å². The van der Waals surface area contributed by atoms with Gasteiger partial charge in [0.05, 0.1) is 6.10 Å². The Kier molecular flexibility index (Phi) is 5.65. The Morgan fingerprint density at radius 3 is 2.88 bits per heavy atom. The van der Waals surface area contributed by atoms with Crippen LogP contribution in [-0.2, 0) is 6.42 Å². The van der Waals surface area contributed by atoms with Gasteiger partial charge in [0.15, 0.2) is 0 Å². The Morgan fingerprint density at radius 1 is 1.44 bits per heavy atom. The molecule has 2 heteroatoms. The third-order valence-corrected chi connectivity index (χ3v) is 2.47. The fourth-order valence-electron chi connectivity index (χ4n) is 1.57. The van der Waals surface area contributed by atoms with Crippen LogP contribution in [0.5, 0.6) is 5.75 Å². The Balaban J connectivity index is 2.60. The summed E-state index contributed by atoms with van der Waals surface area (Å²) in [5.41, 5.74) is 1.20. The minimum absolute atomic E-state index is 0.235. The number of ether oxygens (including phenoxy) is 1.